The average molecular weight is 429 g/mol. The van der Waals surface area contributed by atoms with Crippen LogP contribution in [0.2, 0.25) is 0 Å². The first-order valence-corrected chi connectivity index (χ1v) is 9.58. The van der Waals surface area contributed by atoms with Crippen molar-refractivity contribution in [3.05, 3.63) is 54.1 Å². The second-order valence-electron chi connectivity index (χ2n) is 5.96. The molecular formula is C17H14F3N3O5S. The third-order valence-corrected chi connectivity index (χ3v) is 5.22. The van der Waals surface area contributed by atoms with Gasteiger partial charge in [0.2, 0.25) is 5.91 Å². The van der Waals surface area contributed by atoms with Gasteiger partial charge >= 0.3 is 12.4 Å². The molecule has 154 valence electrons. The Balaban J connectivity index is 1.73. The number of amides is 3. The van der Waals surface area contributed by atoms with Crippen molar-refractivity contribution in [2.45, 2.75) is 17.8 Å². The molecule has 3 rings (SSSR count). The van der Waals surface area contributed by atoms with E-state index < -0.39 is 34.1 Å². The normalized spacial score (nSPS) is 14.7. The number of carbonyl (C=O) groups excluding carboxylic acids is 2. The summed E-state index contributed by atoms with van der Waals surface area (Å²) in [5.74, 6) is -0.950. The summed E-state index contributed by atoms with van der Waals surface area (Å²) in [6, 6.07) is 9.21. The lowest BCUT2D eigenvalue weighted by molar-refractivity contribution is -0.274. The Hall–Kier alpha value is -3.28. The number of urea groups is 1. The lowest BCUT2D eigenvalue weighted by Gasteiger charge is -2.14. The molecule has 0 unspecified atom stereocenters. The predicted molar refractivity (Wildman–Crippen MR) is 94.3 cm³/mol. The van der Waals surface area contributed by atoms with Gasteiger partial charge in [-0.15, -0.1) is 13.2 Å². The maximum atomic E-state index is 12.5. The summed E-state index contributed by atoms with van der Waals surface area (Å²) in [5, 5.41) is 2.38. The maximum absolute atomic E-state index is 12.5. The summed E-state index contributed by atoms with van der Waals surface area (Å²) < 4.78 is 67.5. The molecule has 3 amide bonds. The number of benzene rings is 2. The molecule has 0 atom stereocenters. The molecule has 0 saturated carbocycles. The van der Waals surface area contributed by atoms with Crippen LogP contribution in [0, 0.1) is 0 Å². The van der Waals surface area contributed by atoms with Crippen molar-refractivity contribution in [2.24, 2.45) is 0 Å². The standard InChI is InChI=1S/C17H14F3N3O5S/c18-17(19,20)28-13-4-6-14(7-5-13)29(26,27)22-12-3-1-2-11(8-12)10-23-15(24)9-21-16(23)25/h1-8,22H,9-10H2,(H,21,25). The molecule has 12 heteroatoms. The molecule has 0 bridgehead atoms. The van der Waals surface area contributed by atoms with E-state index in [-0.39, 0.29) is 23.7 Å². The fraction of sp³-hybridized carbons (Fsp3) is 0.176. The summed E-state index contributed by atoms with van der Waals surface area (Å²) in [7, 11) is -4.09. The van der Waals surface area contributed by atoms with Gasteiger partial charge in [0, 0.05) is 5.69 Å². The van der Waals surface area contributed by atoms with Crippen molar-refractivity contribution in [1.82, 2.24) is 10.2 Å². The SMILES string of the molecule is O=C1CNC(=O)N1Cc1cccc(NS(=O)(=O)c2ccc(OC(F)(F)F)cc2)c1. The summed E-state index contributed by atoms with van der Waals surface area (Å²) in [6.07, 6.45) is -4.88. The summed E-state index contributed by atoms with van der Waals surface area (Å²) in [6.45, 7) is -0.136. The second-order valence-corrected chi connectivity index (χ2v) is 7.65. The number of ether oxygens (including phenoxy) is 1. The molecule has 1 heterocycles. The molecule has 1 fully saturated rings. The fourth-order valence-electron chi connectivity index (χ4n) is 2.57. The zero-order chi connectivity index (χ0) is 21.2. The van der Waals surface area contributed by atoms with Crippen molar-refractivity contribution in [1.29, 1.82) is 0 Å². The highest BCUT2D eigenvalue weighted by Gasteiger charge is 2.31. The van der Waals surface area contributed by atoms with Crippen molar-refractivity contribution in [3.63, 3.8) is 0 Å². The number of carbonyl (C=O) groups is 2. The predicted octanol–water partition coefficient (Wildman–Crippen LogP) is 2.44. The number of nitrogens with zero attached hydrogens (tertiary/aromatic N) is 1. The number of nitrogens with one attached hydrogen (secondary N) is 2. The van der Waals surface area contributed by atoms with Crippen molar-refractivity contribution < 1.29 is 35.9 Å². The third kappa shape index (κ3) is 5.16. The zero-order valence-corrected chi connectivity index (χ0v) is 15.4. The fourth-order valence-corrected chi connectivity index (χ4v) is 3.62. The number of sulfonamides is 1. The van der Waals surface area contributed by atoms with Crippen LogP contribution in [-0.2, 0) is 21.4 Å². The number of alkyl halides is 3. The van der Waals surface area contributed by atoms with Crippen LogP contribution in [0.4, 0.5) is 23.7 Å². The Morgan fingerprint density at radius 2 is 1.79 bits per heavy atom. The van der Waals surface area contributed by atoms with Crippen LogP contribution in [0.1, 0.15) is 5.56 Å². The van der Waals surface area contributed by atoms with Gasteiger partial charge in [0.1, 0.15) is 5.75 Å². The summed E-state index contributed by atoms with van der Waals surface area (Å²) in [5.41, 5.74) is 0.662. The van der Waals surface area contributed by atoms with Gasteiger partial charge in [-0.05, 0) is 42.0 Å². The highest BCUT2D eigenvalue weighted by Crippen LogP contribution is 2.25. The molecule has 8 nitrogen and oxygen atoms in total. The van der Waals surface area contributed by atoms with Crippen LogP contribution in [0.15, 0.2) is 53.4 Å². The quantitative estimate of drug-likeness (QED) is 0.687. The minimum absolute atomic E-state index is 0.0380. The van der Waals surface area contributed by atoms with E-state index in [0.29, 0.717) is 5.56 Å². The van der Waals surface area contributed by atoms with E-state index in [0.717, 1.165) is 29.2 Å². The Morgan fingerprint density at radius 1 is 1.10 bits per heavy atom. The molecular weight excluding hydrogens is 415 g/mol. The van der Waals surface area contributed by atoms with Crippen LogP contribution in [-0.4, -0.2) is 38.2 Å². The number of halogens is 3. The maximum Gasteiger partial charge on any atom is 0.573 e. The van der Waals surface area contributed by atoms with E-state index in [9.17, 15) is 31.2 Å². The number of rotatable bonds is 6. The molecule has 0 aliphatic carbocycles. The van der Waals surface area contributed by atoms with E-state index in [1.165, 1.54) is 18.2 Å². The highest BCUT2D eigenvalue weighted by atomic mass is 32.2. The number of hydrogen-bond donors (Lipinski definition) is 2. The number of hydrogen-bond acceptors (Lipinski definition) is 5. The van der Waals surface area contributed by atoms with E-state index in [4.69, 9.17) is 0 Å². The summed E-state index contributed by atoms with van der Waals surface area (Å²) >= 11 is 0. The molecule has 0 aromatic heterocycles. The Bertz CT molecular complexity index is 1020. The van der Waals surface area contributed by atoms with Crippen LogP contribution in [0.3, 0.4) is 0 Å². The Morgan fingerprint density at radius 3 is 2.38 bits per heavy atom. The van der Waals surface area contributed by atoms with Crippen molar-refractivity contribution in [2.75, 3.05) is 11.3 Å². The lowest BCUT2D eigenvalue weighted by Crippen LogP contribution is -2.30. The van der Waals surface area contributed by atoms with E-state index in [2.05, 4.69) is 14.8 Å². The largest absolute Gasteiger partial charge is 0.573 e. The van der Waals surface area contributed by atoms with E-state index >= 15 is 0 Å². The topological polar surface area (TPSA) is 105 Å². The van der Waals surface area contributed by atoms with Crippen molar-refractivity contribution in [3.8, 4) is 5.75 Å². The monoisotopic (exact) mass is 429 g/mol. The smallest absolute Gasteiger partial charge is 0.406 e. The molecule has 1 saturated heterocycles. The van der Waals surface area contributed by atoms with Gasteiger partial charge in [0.15, 0.2) is 0 Å². The zero-order valence-electron chi connectivity index (χ0n) is 14.6. The first-order valence-electron chi connectivity index (χ1n) is 8.09. The van der Waals surface area contributed by atoms with Gasteiger partial charge in [-0.3, -0.25) is 14.4 Å². The van der Waals surface area contributed by atoms with Crippen LogP contribution >= 0.6 is 0 Å². The van der Waals surface area contributed by atoms with E-state index in [1.807, 2.05) is 0 Å². The first kappa shape index (κ1) is 20.5. The van der Waals surface area contributed by atoms with Gasteiger partial charge in [-0.25, -0.2) is 13.2 Å². The highest BCUT2D eigenvalue weighted by molar-refractivity contribution is 7.92. The second kappa shape index (κ2) is 7.62. The van der Waals surface area contributed by atoms with Gasteiger partial charge in [0.25, 0.3) is 10.0 Å². The van der Waals surface area contributed by atoms with Gasteiger partial charge < -0.3 is 10.1 Å². The number of anilines is 1. The van der Waals surface area contributed by atoms with Crippen LogP contribution in [0.5, 0.6) is 5.75 Å². The molecule has 2 N–H and O–H groups in total. The first-order chi connectivity index (χ1) is 13.5. The van der Waals surface area contributed by atoms with Crippen molar-refractivity contribution >= 4 is 27.6 Å². The minimum atomic E-state index is -4.88. The van der Waals surface area contributed by atoms with Crippen LogP contribution < -0.4 is 14.8 Å². The summed E-state index contributed by atoms with van der Waals surface area (Å²) in [4.78, 5) is 24.0. The Labute approximate surface area is 163 Å². The van der Waals surface area contributed by atoms with Gasteiger partial charge in [-0.2, -0.15) is 0 Å². The molecule has 0 radical (unpaired) electrons. The molecule has 1 aliphatic heterocycles. The molecule has 29 heavy (non-hydrogen) atoms. The van der Waals surface area contributed by atoms with Gasteiger partial charge in [-0.1, -0.05) is 12.1 Å². The molecule has 0 spiro atoms. The lowest BCUT2D eigenvalue weighted by atomic mass is 10.2. The Kier molecular flexibility index (Phi) is 5.38. The molecule has 2 aromatic carbocycles. The third-order valence-electron chi connectivity index (χ3n) is 3.82. The van der Waals surface area contributed by atoms with Crippen LogP contribution in [0.25, 0.3) is 0 Å². The minimum Gasteiger partial charge on any atom is -0.406 e. The molecule has 1 aliphatic rings. The average Bonchev–Trinajstić information content (AvgIpc) is 2.93. The number of imide groups is 1. The molecule has 2 aromatic rings. The van der Waals surface area contributed by atoms with E-state index in [1.54, 1.807) is 6.07 Å². The van der Waals surface area contributed by atoms with Gasteiger partial charge in [0.05, 0.1) is 18.0 Å².